The minimum Gasteiger partial charge on any atom is -0.313 e. The molecule has 0 amide bonds. The molecular formula is C12H27NS. The molecule has 0 aliphatic heterocycles. The van der Waals surface area contributed by atoms with E-state index < -0.39 is 0 Å². The molecule has 0 aromatic rings. The van der Waals surface area contributed by atoms with E-state index in [4.69, 9.17) is 0 Å². The average Bonchev–Trinajstić information content (AvgIpc) is 2.09. The van der Waals surface area contributed by atoms with Crippen molar-refractivity contribution in [2.75, 3.05) is 12.3 Å². The Morgan fingerprint density at radius 2 is 1.79 bits per heavy atom. The molecule has 0 heterocycles. The third-order valence-electron chi connectivity index (χ3n) is 2.62. The summed E-state index contributed by atoms with van der Waals surface area (Å²) in [5.41, 5.74) is 0.371. The minimum atomic E-state index is 0.371. The molecule has 2 heteroatoms. The van der Waals surface area contributed by atoms with Crippen molar-refractivity contribution in [2.24, 2.45) is 5.41 Å². The predicted molar refractivity (Wildman–Crippen MR) is 69.1 cm³/mol. The molecule has 14 heavy (non-hydrogen) atoms. The largest absolute Gasteiger partial charge is 0.313 e. The van der Waals surface area contributed by atoms with Gasteiger partial charge in [0, 0.05) is 17.0 Å². The Hall–Kier alpha value is 0.310. The normalized spacial score (nSPS) is 16.7. The standard InChI is InChI=1S/C12H27NS/c1-7-10(3)14-9-11(13-8-2)12(4,5)6/h10-11,13H,7-9H2,1-6H3. The van der Waals surface area contributed by atoms with Gasteiger partial charge in [0.25, 0.3) is 0 Å². The van der Waals surface area contributed by atoms with Crippen LogP contribution in [0.15, 0.2) is 0 Å². The van der Waals surface area contributed by atoms with Crippen molar-refractivity contribution in [2.45, 2.75) is 59.3 Å². The van der Waals surface area contributed by atoms with Crippen molar-refractivity contribution >= 4 is 11.8 Å². The summed E-state index contributed by atoms with van der Waals surface area (Å²) in [6, 6.07) is 0.631. The molecule has 1 N–H and O–H groups in total. The van der Waals surface area contributed by atoms with Gasteiger partial charge in [0.05, 0.1) is 0 Å². The minimum absolute atomic E-state index is 0.371. The van der Waals surface area contributed by atoms with Crippen LogP contribution in [0.1, 0.15) is 48.0 Å². The van der Waals surface area contributed by atoms with Crippen LogP contribution in [-0.4, -0.2) is 23.6 Å². The Kier molecular flexibility index (Phi) is 6.88. The molecule has 0 fully saturated rings. The summed E-state index contributed by atoms with van der Waals surface area (Å²) in [6.07, 6.45) is 1.27. The molecule has 0 aromatic carbocycles. The lowest BCUT2D eigenvalue weighted by molar-refractivity contribution is 0.295. The summed E-state index contributed by atoms with van der Waals surface area (Å²) in [6.45, 7) is 14.8. The molecule has 2 unspecified atom stereocenters. The number of nitrogens with one attached hydrogen (secondary N) is 1. The molecule has 2 atom stereocenters. The summed E-state index contributed by atoms with van der Waals surface area (Å²) >= 11 is 2.09. The van der Waals surface area contributed by atoms with Crippen LogP contribution in [-0.2, 0) is 0 Å². The smallest absolute Gasteiger partial charge is 0.0206 e. The van der Waals surface area contributed by atoms with Crippen molar-refractivity contribution in [1.29, 1.82) is 0 Å². The Morgan fingerprint density at radius 3 is 2.14 bits per heavy atom. The van der Waals surface area contributed by atoms with Crippen molar-refractivity contribution in [3.63, 3.8) is 0 Å². The lowest BCUT2D eigenvalue weighted by Crippen LogP contribution is -2.42. The van der Waals surface area contributed by atoms with E-state index in [-0.39, 0.29) is 0 Å². The summed E-state index contributed by atoms with van der Waals surface area (Å²) in [4.78, 5) is 0. The van der Waals surface area contributed by atoms with E-state index in [2.05, 4.69) is 58.6 Å². The van der Waals surface area contributed by atoms with Gasteiger partial charge >= 0.3 is 0 Å². The highest BCUT2D eigenvalue weighted by molar-refractivity contribution is 7.99. The van der Waals surface area contributed by atoms with Gasteiger partial charge in [-0.1, -0.05) is 41.5 Å². The maximum Gasteiger partial charge on any atom is 0.0206 e. The average molecular weight is 217 g/mol. The lowest BCUT2D eigenvalue weighted by Gasteiger charge is -2.31. The van der Waals surface area contributed by atoms with Gasteiger partial charge in [0.2, 0.25) is 0 Å². The first kappa shape index (κ1) is 14.3. The second-order valence-electron chi connectivity index (χ2n) is 5.03. The van der Waals surface area contributed by atoms with Crippen LogP contribution < -0.4 is 5.32 Å². The summed E-state index contributed by atoms with van der Waals surface area (Å²) in [5.74, 6) is 1.23. The molecule has 0 saturated carbocycles. The highest BCUT2D eigenvalue weighted by atomic mass is 32.2. The first-order valence-corrected chi connectivity index (χ1v) is 6.81. The fraction of sp³-hybridized carbons (Fsp3) is 1.00. The molecule has 0 bridgehead atoms. The van der Waals surface area contributed by atoms with E-state index >= 15 is 0 Å². The topological polar surface area (TPSA) is 12.0 Å². The van der Waals surface area contributed by atoms with E-state index in [1.54, 1.807) is 0 Å². The fourth-order valence-electron chi connectivity index (χ4n) is 1.24. The van der Waals surface area contributed by atoms with Crippen LogP contribution in [0.25, 0.3) is 0 Å². The summed E-state index contributed by atoms with van der Waals surface area (Å²) in [5, 5.41) is 4.37. The quantitative estimate of drug-likeness (QED) is 0.730. The maximum atomic E-state index is 3.58. The van der Waals surface area contributed by atoms with Gasteiger partial charge in [-0.3, -0.25) is 0 Å². The van der Waals surface area contributed by atoms with Crippen LogP contribution in [0, 0.1) is 5.41 Å². The van der Waals surface area contributed by atoms with E-state index in [1.807, 2.05) is 0 Å². The van der Waals surface area contributed by atoms with E-state index in [0.29, 0.717) is 11.5 Å². The second kappa shape index (κ2) is 6.73. The third-order valence-corrected chi connectivity index (χ3v) is 4.05. The zero-order valence-electron chi connectivity index (χ0n) is 10.7. The highest BCUT2D eigenvalue weighted by Crippen LogP contribution is 2.25. The van der Waals surface area contributed by atoms with Crippen LogP contribution in [0.3, 0.4) is 0 Å². The number of hydrogen-bond donors (Lipinski definition) is 1. The summed E-state index contributed by atoms with van der Waals surface area (Å²) in [7, 11) is 0. The SMILES string of the molecule is CCNC(CSC(C)CC)C(C)(C)C. The van der Waals surface area contributed by atoms with Crippen LogP contribution >= 0.6 is 11.8 Å². The Morgan fingerprint density at radius 1 is 1.21 bits per heavy atom. The van der Waals surface area contributed by atoms with Gasteiger partial charge in [-0.2, -0.15) is 11.8 Å². The van der Waals surface area contributed by atoms with Crippen molar-refractivity contribution in [3.8, 4) is 0 Å². The third kappa shape index (κ3) is 5.92. The molecule has 0 rings (SSSR count). The number of hydrogen-bond acceptors (Lipinski definition) is 2. The Bertz CT molecular complexity index is 140. The van der Waals surface area contributed by atoms with Gasteiger partial charge in [-0.15, -0.1) is 0 Å². The maximum absolute atomic E-state index is 3.58. The first-order valence-electron chi connectivity index (χ1n) is 5.76. The lowest BCUT2D eigenvalue weighted by atomic mass is 9.88. The molecule has 1 nitrogen and oxygen atoms in total. The first-order chi connectivity index (χ1) is 6.41. The number of thioether (sulfide) groups is 1. The zero-order chi connectivity index (χ0) is 11.2. The van der Waals surface area contributed by atoms with Crippen molar-refractivity contribution in [3.05, 3.63) is 0 Å². The molecule has 0 radical (unpaired) electrons. The van der Waals surface area contributed by atoms with Gasteiger partial charge in [0.1, 0.15) is 0 Å². The van der Waals surface area contributed by atoms with E-state index in [0.717, 1.165) is 11.8 Å². The molecule has 0 saturated heterocycles. The fourth-order valence-corrected chi connectivity index (χ4v) is 2.61. The van der Waals surface area contributed by atoms with Crippen LogP contribution in [0.2, 0.25) is 0 Å². The van der Waals surface area contributed by atoms with Gasteiger partial charge in [-0.05, 0) is 18.4 Å². The predicted octanol–water partition coefficient (Wildman–Crippen LogP) is 3.54. The van der Waals surface area contributed by atoms with Gasteiger partial charge in [-0.25, -0.2) is 0 Å². The van der Waals surface area contributed by atoms with Crippen molar-refractivity contribution < 1.29 is 0 Å². The number of rotatable bonds is 6. The summed E-state index contributed by atoms with van der Waals surface area (Å²) < 4.78 is 0. The Balaban J connectivity index is 3.98. The van der Waals surface area contributed by atoms with Crippen molar-refractivity contribution in [1.82, 2.24) is 5.32 Å². The van der Waals surface area contributed by atoms with Gasteiger partial charge in [0.15, 0.2) is 0 Å². The van der Waals surface area contributed by atoms with E-state index in [1.165, 1.54) is 12.2 Å². The van der Waals surface area contributed by atoms with E-state index in [9.17, 15) is 0 Å². The zero-order valence-corrected chi connectivity index (χ0v) is 11.5. The molecular weight excluding hydrogens is 190 g/mol. The van der Waals surface area contributed by atoms with Crippen LogP contribution in [0.5, 0.6) is 0 Å². The molecule has 86 valence electrons. The monoisotopic (exact) mass is 217 g/mol. The molecule has 0 aromatic heterocycles. The molecule has 0 aliphatic carbocycles. The highest BCUT2D eigenvalue weighted by Gasteiger charge is 2.23. The second-order valence-corrected chi connectivity index (χ2v) is 6.50. The molecule has 0 aliphatic rings. The van der Waals surface area contributed by atoms with Gasteiger partial charge < -0.3 is 5.32 Å². The Labute approximate surface area is 94.4 Å². The van der Waals surface area contributed by atoms with Crippen LogP contribution in [0.4, 0.5) is 0 Å². The molecule has 0 spiro atoms.